The van der Waals surface area contributed by atoms with Crippen LogP contribution in [0.25, 0.3) is 22.8 Å². The van der Waals surface area contributed by atoms with E-state index < -0.39 is 15.8 Å². The van der Waals surface area contributed by atoms with Crippen LogP contribution < -0.4 is 4.72 Å². The standard InChI is InChI=1S/C21H15FN2O3S/c22-17-7-4-8-18(13-17)24-28(25,26)19-11-9-16(10-12-19)21-23-14-20(27-21)15-5-2-1-3-6-15/h1-14,24H. The van der Waals surface area contributed by atoms with Crippen molar-refractivity contribution in [1.29, 1.82) is 0 Å². The number of nitrogens with one attached hydrogen (secondary N) is 1. The minimum absolute atomic E-state index is 0.0513. The number of hydrogen-bond donors (Lipinski definition) is 1. The molecule has 0 radical (unpaired) electrons. The topological polar surface area (TPSA) is 72.2 Å². The van der Waals surface area contributed by atoms with Crippen molar-refractivity contribution >= 4 is 15.7 Å². The van der Waals surface area contributed by atoms with Gasteiger partial charge in [-0.2, -0.15) is 0 Å². The van der Waals surface area contributed by atoms with Gasteiger partial charge < -0.3 is 4.42 Å². The molecule has 3 aromatic carbocycles. The number of rotatable bonds is 5. The van der Waals surface area contributed by atoms with E-state index in [-0.39, 0.29) is 10.6 Å². The summed E-state index contributed by atoms with van der Waals surface area (Å²) in [7, 11) is -3.83. The molecule has 7 heteroatoms. The minimum Gasteiger partial charge on any atom is -0.436 e. The van der Waals surface area contributed by atoms with Crippen LogP contribution in [0.1, 0.15) is 0 Å². The van der Waals surface area contributed by atoms with E-state index in [0.29, 0.717) is 17.2 Å². The molecular formula is C21H15FN2O3S. The zero-order valence-electron chi connectivity index (χ0n) is 14.5. The fourth-order valence-corrected chi connectivity index (χ4v) is 3.74. The van der Waals surface area contributed by atoms with Crippen LogP contribution in [0.4, 0.5) is 10.1 Å². The average Bonchev–Trinajstić information content (AvgIpc) is 3.19. The van der Waals surface area contributed by atoms with Gasteiger partial charge in [0.15, 0.2) is 5.76 Å². The monoisotopic (exact) mass is 394 g/mol. The van der Waals surface area contributed by atoms with Gasteiger partial charge in [-0.3, -0.25) is 4.72 Å². The van der Waals surface area contributed by atoms with Gasteiger partial charge >= 0.3 is 0 Å². The molecule has 1 heterocycles. The summed E-state index contributed by atoms with van der Waals surface area (Å²) in [6, 6.07) is 20.9. The van der Waals surface area contributed by atoms with Gasteiger partial charge in [0.1, 0.15) is 5.82 Å². The number of nitrogens with zero attached hydrogens (tertiary/aromatic N) is 1. The molecule has 0 aliphatic heterocycles. The molecule has 0 bridgehead atoms. The van der Waals surface area contributed by atoms with Crippen molar-refractivity contribution < 1.29 is 17.2 Å². The number of anilines is 1. The molecule has 0 amide bonds. The lowest BCUT2D eigenvalue weighted by Crippen LogP contribution is -2.12. The molecule has 28 heavy (non-hydrogen) atoms. The largest absolute Gasteiger partial charge is 0.436 e. The average molecular weight is 394 g/mol. The Bertz CT molecular complexity index is 1200. The maximum Gasteiger partial charge on any atom is 0.261 e. The number of benzene rings is 3. The van der Waals surface area contributed by atoms with Crippen molar-refractivity contribution in [2.75, 3.05) is 4.72 Å². The maximum atomic E-state index is 13.3. The smallest absolute Gasteiger partial charge is 0.261 e. The molecular weight excluding hydrogens is 379 g/mol. The Hall–Kier alpha value is -3.45. The van der Waals surface area contributed by atoms with Gasteiger partial charge in [-0.05, 0) is 42.5 Å². The zero-order chi connectivity index (χ0) is 19.6. The highest BCUT2D eigenvalue weighted by Gasteiger charge is 2.16. The van der Waals surface area contributed by atoms with E-state index >= 15 is 0 Å². The van der Waals surface area contributed by atoms with E-state index in [0.717, 1.165) is 11.6 Å². The van der Waals surface area contributed by atoms with Crippen LogP contribution in [-0.2, 0) is 10.0 Å². The van der Waals surface area contributed by atoms with Gasteiger partial charge in [0, 0.05) is 11.1 Å². The number of aromatic nitrogens is 1. The van der Waals surface area contributed by atoms with Gasteiger partial charge in [-0.15, -0.1) is 0 Å². The summed E-state index contributed by atoms with van der Waals surface area (Å²) in [5.41, 5.74) is 1.70. The molecule has 0 aliphatic rings. The summed E-state index contributed by atoms with van der Waals surface area (Å²) >= 11 is 0. The third-order valence-electron chi connectivity index (χ3n) is 4.05. The van der Waals surface area contributed by atoms with Crippen LogP contribution in [0, 0.1) is 5.82 Å². The van der Waals surface area contributed by atoms with Crippen molar-refractivity contribution in [3.63, 3.8) is 0 Å². The van der Waals surface area contributed by atoms with Crippen molar-refractivity contribution in [3.8, 4) is 22.8 Å². The van der Waals surface area contributed by atoms with Gasteiger partial charge in [0.2, 0.25) is 5.89 Å². The van der Waals surface area contributed by atoms with Crippen molar-refractivity contribution in [3.05, 3.63) is 90.9 Å². The Labute approximate surface area is 161 Å². The molecule has 4 rings (SSSR count). The first-order chi connectivity index (χ1) is 13.5. The summed E-state index contributed by atoms with van der Waals surface area (Å²) in [4.78, 5) is 4.31. The Morgan fingerprint density at radius 1 is 0.857 bits per heavy atom. The molecule has 4 aromatic rings. The second-order valence-electron chi connectivity index (χ2n) is 6.04. The lowest BCUT2D eigenvalue weighted by atomic mass is 10.2. The van der Waals surface area contributed by atoms with Crippen LogP contribution in [0.5, 0.6) is 0 Å². The summed E-state index contributed by atoms with van der Waals surface area (Å²) in [5.74, 6) is 0.495. The zero-order valence-corrected chi connectivity index (χ0v) is 15.4. The summed E-state index contributed by atoms with van der Waals surface area (Å²) in [5, 5.41) is 0. The van der Waals surface area contributed by atoms with Crippen LogP contribution in [0.15, 0.2) is 94.4 Å². The lowest BCUT2D eigenvalue weighted by molar-refractivity contribution is 0.588. The SMILES string of the molecule is O=S(=O)(Nc1cccc(F)c1)c1ccc(-c2ncc(-c3ccccc3)o2)cc1. The minimum atomic E-state index is -3.83. The van der Waals surface area contributed by atoms with E-state index in [1.807, 2.05) is 30.3 Å². The van der Waals surface area contributed by atoms with E-state index in [1.54, 1.807) is 18.3 Å². The number of halogens is 1. The molecule has 1 aromatic heterocycles. The number of sulfonamides is 1. The quantitative estimate of drug-likeness (QED) is 0.520. The van der Waals surface area contributed by atoms with Crippen molar-refractivity contribution in [2.45, 2.75) is 4.90 Å². The van der Waals surface area contributed by atoms with Gasteiger partial charge in [0.05, 0.1) is 16.8 Å². The molecule has 140 valence electrons. The van der Waals surface area contributed by atoms with E-state index in [2.05, 4.69) is 9.71 Å². The highest BCUT2D eigenvalue weighted by molar-refractivity contribution is 7.92. The predicted octanol–water partition coefficient (Wildman–Crippen LogP) is 4.95. The molecule has 0 fully saturated rings. The first-order valence-corrected chi connectivity index (χ1v) is 9.90. The molecule has 0 aliphatic carbocycles. The molecule has 0 saturated carbocycles. The maximum absolute atomic E-state index is 13.3. The van der Waals surface area contributed by atoms with E-state index in [9.17, 15) is 12.8 Å². The first kappa shape index (κ1) is 17.9. The Kier molecular flexibility index (Phi) is 4.67. The molecule has 5 nitrogen and oxygen atoms in total. The summed E-state index contributed by atoms with van der Waals surface area (Å²) < 4.78 is 46.3. The van der Waals surface area contributed by atoms with Crippen LogP contribution in [0.2, 0.25) is 0 Å². The second kappa shape index (κ2) is 7.28. The van der Waals surface area contributed by atoms with Gasteiger partial charge in [0.25, 0.3) is 10.0 Å². The third kappa shape index (κ3) is 3.79. The molecule has 0 spiro atoms. The van der Waals surface area contributed by atoms with Gasteiger partial charge in [-0.25, -0.2) is 17.8 Å². The normalized spacial score (nSPS) is 11.3. The summed E-state index contributed by atoms with van der Waals surface area (Å²) in [6.45, 7) is 0. The molecule has 0 saturated heterocycles. The van der Waals surface area contributed by atoms with Crippen molar-refractivity contribution in [2.24, 2.45) is 0 Å². The van der Waals surface area contributed by atoms with Crippen molar-refractivity contribution in [1.82, 2.24) is 4.98 Å². The van der Waals surface area contributed by atoms with Crippen LogP contribution in [-0.4, -0.2) is 13.4 Å². The third-order valence-corrected chi connectivity index (χ3v) is 5.45. The fraction of sp³-hybridized carbons (Fsp3) is 0. The van der Waals surface area contributed by atoms with E-state index in [4.69, 9.17) is 4.42 Å². The van der Waals surface area contributed by atoms with Gasteiger partial charge in [-0.1, -0.05) is 36.4 Å². The first-order valence-electron chi connectivity index (χ1n) is 8.41. The number of oxazole rings is 1. The van der Waals surface area contributed by atoms with Crippen LogP contribution >= 0.6 is 0 Å². The Morgan fingerprint density at radius 3 is 2.32 bits per heavy atom. The number of hydrogen-bond acceptors (Lipinski definition) is 4. The molecule has 0 atom stereocenters. The molecule has 1 N–H and O–H groups in total. The summed E-state index contributed by atoms with van der Waals surface area (Å²) in [6.07, 6.45) is 1.63. The van der Waals surface area contributed by atoms with E-state index in [1.165, 1.54) is 30.3 Å². The predicted molar refractivity (Wildman–Crippen MR) is 105 cm³/mol. The highest BCUT2D eigenvalue weighted by atomic mass is 32.2. The fourth-order valence-electron chi connectivity index (χ4n) is 2.69. The highest BCUT2D eigenvalue weighted by Crippen LogP contribution is 2.27. The lowest BCUT2D eigenvalue weighted by Gasteiger charge is -2.08. The Balaban J connectivity index is 1.56. The second-order valence-corrected chi connectivity index (χ2v) is 7.72. The Morgan fingerprint density at radius 2 is 1.61 bits per heavy atom. The van der Waals surface area contributed by atoms with Crippen LogP contribution in [0.3, 0.4) is 0 Å². The molecule has 0 unspecified atom stereocenters.